The maximum absolute atomic E-state index is 12.7. The monoisotopic (exact) mass is 376 g/mol. The van der Waals surface area contributed by atoms with Gasteiger partial charge in [-0.2, -0.15) is 5.10 Å². The Hall–Kier alpha value is -2.74. The molecule has 3 heterocycles. The molecule has 8 nitrogen and oxygen atoms in total. The van der Waals surface area contributed by atoms with Crippen molar-refractivity contribution in [2.24, 2.45) is 0 Å². The number of hydrogen-bond donors (Lipinski definition) is 1. The summed E-state index contributed by atoms with van der Waals surface area (Å²) in [6.45, 7) is 2.31. The highest BCUT2D eigenvalue weighted by atomic mass is 35.5. The van der Waals surface area contributed by atoms with Crippen molar-refractivity contribution in [3.8, 4) is 11.5 Å². The smallest absolute Gasteiger partial charge is 0.285 e. The molecule has 26 heavy (non-hydrogen) atoms. The highest BCUT2D eigenvalue weighted by molar-refractivity contribution is 6.33. The number of ether oxygens (including phenoxy) is 2. The third-order valence-corrected chi connectivity index (χ3v) is 4.86. The topological polar surface area (TPSA) is 87.8 Å². The molecule has 136 valence electrons. The lowest BCUT2D eigenvalue weighted by Crippen LogP contribution is -2.54. The maximum Gasteiger partial charge on any atom is 0.285 e. The molecule has 2 aromatic rings. The predicted octanol–water partition coefficient (Wildman–Crippen LogP) is 0.912. The summed E-state index contributed by atoms with van der Waals surface area (Å²) in [5.74, 6) is 1.13. The summed E-state index contributed by atoms with van der Waals surface area (Å²) in [7, 11) is 0. The number of anilines is 1. The van der Waals surface area contributed by atoms with Crippen LogP contribution in [0.25, 0.3) is 0 Å². The first-order chi connectivity index (χ1) is 12.6. The van der Waals surface area contributed by atoms with E-state index in [9.17, 15) is 9.59 Å². The molecule has 1 amide bonds. The van der Waals surface area contributed by atoms with E-state index in [0.29, 0.717) is 43.4 Å². The molecule has 0 bridgehead atoms. The van der Waals surface area contributed by atoms with Gasteiger partial charge in [-0.15, -0.1) is 0 Å². The van der Waals surface area contributed by atoms with Gasteiger partial charge in [0.2, 0.25) is 6.10 Å². The van der Waals surface area contributed by atoms with Crippen molar-refractivity contribution >= 4 is 23.2 Å². The van der Waals surface area contributed by atoms with Gasteiger partial charge in [0.05, 0.1) is 11.9 Å². The minimum absolute atomic E-state index is 0.103. The number of amides is 1. The molecule has 4 rings (SSSR count). The minimum Gasteiger partial charge on any atom is -0.485 e. The second kappa shape index (κ2) is 6.87. The van der Waals surface area contributed by atoms with Gasteiger partial charge in [-0.25, -0.2) is 5.10 Å². The molecule has 0 spiro atoms. The van der Waals surface area contributed by atoms with Gasteiger partial charge < -0.3 is 19.3 Å². The Morgan fingerprint density at radius 3 is 2.69 bits per heavy atom. The number of piperazine rings is 1. The van der Waals surface area contributed by atoms with Gasteiger partial charge in [0.15, 0.2) is 11.5 Å². The predicted molar refractivity (Wildman–Crippen MR) is 95.0 cm³/mol. The number of nitrogens with one attached hydrogen (secondary N) is 1. The van der Waals surface area contributed by atoms with Crippen LogP contribution in [0, 0.1) is 0 Å². The Balaban J connectivity index is 1.40. The number of aromatic amines is 1. The molecule has 1 saturated heterocycles. The molecule has 0 aliphatic carbocycles. The van der Waals surface area contributed by atoms with Gasteiger partial charge >= 0.3 is 0 Å². The first kappa shape index (κ1) is 16.7. The number of H-pyrrole nitrogens is 1. The van der Waals surface area contributed by atoms with E-state index in [2.05, 4.69) is 10.2 Å². The van der Waals surface area contributed by atoms with Crippen molar-refractivity contribution in [3.63, 3.8) is 0 Å². The molecule has 1 aromatic heterocycles. The van der Waals surface area contributed by atoms with E-state index in [4.69, 9.17) is 21.1 Å². The van der Waals surface area contributed by atoms with E-state index >= 15 is 0 Å². The fourth-order valence-corrected chi connectivity index (χ4v) is 3.32. The van der Waals surface area contributed by atoms with E-state index in [-0.39, 0.29) is 17.5 Å². The highest BCUT2D eigenvalue weighted by Crippen LogP contribution is 2.31. The first-order valence-corrected chi connectivity index (χ1v) is 8.66. The number of rotatable bonds is 2. The summed E-state index contributed by atoms with van der Waals surface area (Å²) in [6, 6.07) is 7.30. The number of halogens is 1. The van der Waals surface area contributed by atoms with Crippen LogP contribution in [0.1, 0.15) is 0 Å². The lowest BCUT2D eigenvalue weighted by Gasteiger charge is -2.38. The van der Waals surface area contributed by atoms with Crippen molar-refractivity contribution in [2.75, 3.05) is 37.7 Å². The number of carbonyl (C=O) groups is 1. The average Bonchev–Trinajstić information content (AvgIpc) is 2.69. The van der Waals surface area contributed by atoms with Gasteiger partial charge in [0.25, 0.3) is 11.5 Å². The summed E-state index contributed by atoms with van der Waals surface area (Å²) in [5, 5.41) is 6.20. The normalized spacial score (nSPS) is 19.3. The molecule has 2 aliphatic heterocycles. The standard InChI is InChI=1S/C17H17ClN4O4/c18-15-11(9-19-20-16(15)23)21-5-7-22(8-6-21)17(24)14-10-25-12-3-1-2-4-13(12)26-14/h1-4,9,14H,5-8,10H2,(H,20,23)/t14-/m1/s1. The number of nitrogens with zero attached hydrogens (tertiary/aromatic N) is 3. The Bertz CT molecular complexity index is 879. The Kier molecular flexibility index (Phi) is 4.42. The first-order valence-electron chi connectivity index (χ1n) is 8.29. The van der Waals surface area contributed by atoms with Crippen LogP contribution >= 0.6 is 11.6 Å². The second-order valence-electron chi connectivity index (χ2n) is 6.07. The molecule has 1 N–H and O–H groups in total. The molecule has 0 radical (unpaired) electrons. The van der Waals surface area contributed by atoms with Crippen LogP contribution in [0.3, 0.4) is 0 Å². The molecule has 1 atom stereocenters. The second-order valence-corrected chi connectivity index (χ2v) is 6.45. The van der Waals surface area contributed by atoms with Crippen LogP contribution in [0.4, 0.5) is 5.69 Å². The Morgan fingerprint density at radius 2 is 1.92 bits per heavy atom. The quantitative estimate of drug-likeness (QED) is 0.838. The number of hydrogen-bond acceptors (Lipinski definition) is 6. The number of fused-ring (bicyclic) bond motifs is 1. The summed E-state index contributed by atoms with van der Waals surface area (Å²) in [4.78, 5) is 28.0. The van der Waals surface area contributed by atoms with E-state index in [1.807, 2.05) is 23.1 Å². The van der Waals surface area contributed by atoms with Gasteiger partial charge in [0, 0.05) is 26.2 Å². The summed E-state index contributed by atoms with van der Waals surface area (Å²) >= 11 is 6.05. The van der Waals surface area contributed by atoms with Crippen molar-refractivity contribution in [3.05, 3.63) is 45.8 Å². The van der Waals surface area contributed by atoms with Gasteiger partial charge in [-0.3, -0.25) is 9.59 Å². The van der Waals surface area contributed by atoms with E-state index in [0.717, 1.165) is 0 Å². The largest absolute Gasteiger partial charge is 0.485 e. The number of carbonyl (C=O) groups excluding carboxylic acids is 1. The lowest BCUT2D eigenvalue weighted by molar-refractivity contribution is -0.141. The molecular weight excluding hydrogens is 360 g/mol. The van der Waals surface area contributed by atoms with E-state index < -0.39 is 11.7 Å². The molecular formula is C17H17ClN4O4. The molecule has 2 aliphatic rings. The third kappa shape index (κ3) is 3.08. The van der Waals surface area contributed by atoms with E-state index in [1.165, 1.54) is 6.20 Å². The maximum atomic E-state index is 12.7. The van der Waals surface area contributed by atoms with Crippen LogP contribution in [-0.2, 0) is 4.79 Å². The zero-order chi connectivity index (χ0) is 18.1. The SMILES string of the molecule is O=C([C@H]1COc2ccccc2O1)N1CCN(c2cn[nH]c(=O)c2Cl)CC1. The molecule has 0 saturated carbocycles. The number of benzene rings is 1. The van der Waals surface area contributed by atoms with Crippen molar-refractivity contribution in [2.45, 2.75) is 6.10 Å². The zero-order valence-corrected chi connectivity index (χ0v) is 14.6. The summed E-state index contributed by atoms with van der Waals surface area (Å²) < 4.78 is 11.4. The van der Waals surface area contributed by atoms with Crippen molar-refractivity contribution in [1.82, 2.24) is 15.1 Å². The van der Waals surface area contributed by atoms with Crippen molar-refractivity contribution in [1.29, 1.82) is 0 Å². The van der Waals surface area contributed by atoms with Gasteiger partial charge in [-0.1, -0.05) is 23.7 Å². The van der Waals surface area contributed by atoms with Crippen LogP contribution in [0.15, 0.2) is 35.3 Å². The summed E-state index contributed by atoms with van der Waals surface area (Å²) in [6.07, 6.45) is 0.872. The zero-order valence-electron chi connectivity index (χ0n) is 13.9. The van der Waals surface area contributed by atoms with Crippen LogP contribution in [-0.4, -0.2) is 59.9 Å². The van der Waals surface area contributed by atoms with Crippen LogP contribution in [0.2, 0.25) is 5.02 Å². The minimum atomic E-state index is -0.652. The van der Waals surface area contributed by atoms with Crippen molar-refractivity contribution < 1.29 is 14.3 Å². The molecule has 9 heteroatoms. The summed E-state index contributed by atoms with van der Waals surface area (Å²) in [5.41, 5.74) is 0.155. The van der Waals surface area contributed by atoms with Crippen LogP contribution in [0.5, 0.6) is 11.5 Å². The van der Waals surface area contributed by atoms with Gasteiger partial charge in [-0.05, 0) is 12.1 Å². The fourth-order valence-electron chi connectivity index (χ4n) is 3.11. The molecule has 1 aromatic carbocycles. The van der Waals surface area contributed by atoms with Crippen LogP contribution < -0.4 is 19.9 Å². The van der Waals surface area contributed by atoms with Gasteiger partial charge in [0.1, 0.15) is 11.6 Å². The average molecular weight is 377 g/mol. The lowest BCUT2D eigenvalue weighted by atomic mass is 10.2. The number of aromatic nitrogens is 2. The molecule has 1 fully saturated rings. The number of para-hydroxylation sites is 2. The fraction of sp³-hybridized carbons (Fsp3) is 0.353. The Labute approximate surface area is 154 Å². The molecule has 0 unspecified atom stereocenters. The third-order valence-electron chi connectivity index (χ3n) is 4.49. The van der Waals surface area contributed by atoms with E-state index in [1.54, 1.807) is 11.0 Å². The Morgan fingerprint density at radius 1 is 1.19 bits per heavy atom. The highest BCUT2D eigenvalue weighted by Gasteiger charge is 2.33.